The van der Waals surface area contributed by atoms with Gasteiger partial charge < -0.3 is 14.8 Å². The minimum Gasteiger partial charge on any atom is -0.494 e. The van der Waals surface area contributed by atoms with Crippen molar-refractivity contribution in [2.24, 2.45) is 0 Å². The summed E-state index contributed by atoms with van der Waals surface area (Å²) in [5.74, 6) is 0.936. The van der Waals surface area contributed by atoms with Crippen LogP contribution in [0.1, 0.15) is 18.9 Å². The molecule has 100 valence electrons. The monoisotopic (exact) mass is 249 g/mol. The lowest BCUT2D eigenvalue weighted by molar-refractivity contribution is 0.200. The molecule has 3 heteroatoms. The molecule has 1 N–H and O–H groups in total. The fourth-order valence-corrected chi connectivity index (χ4v) is 1.48. The van der Waals surface area contributed by atoms with Gasteiger partial charge in [0.25, 0.3) is 0 Å². The van der Waals surface area contributed by atoms with Crippen LogP contribution in [0.3, 0.4) is 0 Å². The second-order valence-electron chi connectivity index (χ2n) is 4.02. The number of ether oxygens (including phenoxy) is 2. The van der Waals surface area contributed by atoms with Gasteiger partial charge in [0.15, 0.2) is 0 Å². The van der Waals surface area contributed by atoms with Crippen molar-refractivity contribution in [3.8, 4) is 5.75 Å². The first-order chi connectivity index (χ1) is 8.86. The van der Waals surface area contributed by atoms with Crippen molar-refractivity contribution in [2.75, 3.05) is 33.4 Å². The van der Waals surface area contributed by atoms with E-state index in [1.807, 2.05) is 12.1 Å². The molecule has 0 heterocycles. The molecule has 1 aromatic rings. The first-order valence-electron chi connectivity index (χ1n) is 6.46. The third-order valence-corrected chi connectivity index (χ3v) is 2.39. The zero-order valence-corrected chi connectivity index (χ0v) is 11.3. The fraction of sp³-hybridized carbons (Fsp3) is 0.467. The lowest BCUT2D eigenvalue weighted by atomic mass is 10.2. The van der Waals surface area contributed by atoms with Crippen molar-refractivity contribution in [1.82, 2.24) is 5.32 Å². The highest BCUT2D eigenvalue weighted by molar-refractivity contribution is 5.51. The highest BCUT2D eigenvalue weighted by Gasteiger charge is 1.93. The van der Waals surface area contributed by atoms with Crippen LogP contribution in [-0.2, 0) is 4.74 Å². The van der Waals surface area contributed by atoms with Crippen LogP contribution < -0.4 is 10.1 Å². The molecule has 0 aliphatic carbocycles. The van der Waals surface area contributed by atoms with Gasteiger partial charge in [0.05, 0.1) is 13.2 Å². The summed E-state index contributed by atoms with van der Waals surface area (Å²) in [6.45, 7) is 5.35. The van der Waals surface area contributed by atoms with Crippen LogP contribution in [0.15, 0.2) is 30.3 Å². The van der Waals surface area contributed by atoms with Crippen molar-refractivity contribution >= 4 is 6.08 Å². The largest absolute Gasteiger partial charge is 0.494 e. The minimum atomic E-state index is 0.744. The summed E-state index contributed by atoms with van der Waals surface area (Å²) in [5.41, 5.74) is 1.16. The molecule has 0 fully saturated rings. The van der Waals surface area contributed by atoms with E-state index in [1.165, 1.54) is 0 Å². The first-order valence-corrected chi connectivity index (χ1v) is 6.46. The third kappa shape index (κ3) is 6.42. The van der Waals surface area contributed by atoms with Crippen LogP contribution in [-0.4, -0.2) is 33.4 Å². The van der Waals surface area contributed by atoms with Crippen LogP contribution in [0.2, 0.25) is 0 Å². The lowest BCUT2D eigenvalue weighted by Crippen LogP contribution is -2.18. The van der Waals surface area contributed by atoms with Crippen molar-refractivity contribution in [2.45, 2.75) is 13.3 Å². The van der Waals surface area contributed by atoms with Crippen LogP contribution in [0.5, 0.6) is 5.75 Å². The maximum atomic E-state index is 5.59. The van der Waals surface area contributed by atoms with Crippen molar-refractivity contribution in [3.63, 3.8) is 0 Å². The maximum Gasteiger partial charge on any atom is 0.119 e. The molecule has 0 amide bonds. The molecule has 1 aromatic carbocycles. The van der Waals surface area contributed by atoms with Crippen LogP contribution in [0.4, 0.5) is 0 Å². The molecule has 0 spiro atoms. The van der Waals surface area contributed by atoms with Gasteiger partial charge in [-0.1, -0.05) is 31.2 Å². The molecule has 0 unspecified atom stereocenters. The SMILES string of the molecule is CCCOc1cccc(C=CCNCCOC)c1. The van der Waals surface area contributed by atoms with Gasteiger partial charge in [-0.2, -0.15) is 0 Å². The molecule has 1 rings (SSSR count). The topological polar surface area (TPSA) is 30.5 Å². The lowest BCUT2D eigenvalue weighted by Gasteiger charge is -2.04. The molecule has 0 saturated carbocycles. The predicted octanol–water partition coefficient (Wildman–Crippen LogP) is 2.72. The Balaban J connectivity index is 2.34. The summed E-state index contributed by atoms with van der Waals surface area (Å²) in [6, 6.07) is 8.14. The Bertz CT molecular complexity index is 350. The molecule has 0 atom stereocenters. The summed E-state index contributed by atoms with van der Waals surface area (Å²) in [4.78, 5) is 0. The second-order valence-corrected chi connectivity index (χ2v) is 4.02. The van der Waals surface area contributed by atoms with Crippen LogP contribution in [0.25, 0.3) is 6.08 Å². The Kier molecular flexibility index (Phi) is 7.93. The Morgan fingerprint density at radius 3 is 2.94 bits per heavy atom. The summed E-state index contributed by atoms with van der Waals surface area (Å²) < 4.78 is 10.5. The molecule has 3 nitrogen and oxygen atoms in total. The number of rotatable bonds is 9. The number of nitrogens with one attached hydrogen (secondary N) is 1. The molecule has 18 heavy (non-hydrogen) atoms. The Morgan fingerprint density at radius 2 is 2.17 bits per heavy atom. The molecule has 0 bridgehead atoms. The van der Waals surface area contributed by atoms with E-state index in [0.29, 0.717) is 0 Å². The fourth-order valence-electron chi connectivity index (χ4n) is 1.48. The van der Waals surface area contributed by atoms with Gasteiger partial charge in [0, 0.05) is 20.2 Å². The average Bonchev–Trinajstić information content (AvgIpc) is 2.41. The summed E-state index contributed by atoms with van der Waals surface area (Å²) >= 11 is 0. The summed E-state index contributed by atoms with van der Waals surface area (Å²) in [7, 11) is 1.71. The van der Waals surface area contributed by atoms with Gasteiger partial charge in [-0.25, -0.2) is 0 Å². The minimum absolute atomic E-state index is 0.744. The highest BCUT2D eigenvalue weighted by Crippen LogP contribution is 2.14. The third-order valence-electron chi connectivity index (χ3n) is 2.39. The normalized spacial score (nSPS) is 11.0. The zero-order chi connectivity index (χ0) is 13.1. The van der Waals surface area contributed by atoms with Gasteiger partial charge in [-0.3, -0.25) is 0 Å². The molecular weight excluding hydrogens is 226 g/mol. The van der Waals surface area contributed by atoms with Gasteiger partial charge in [-0.05, 0) is 24.1 Å². The van der Waals surface area contributed by atoms with E-state index in [1.54, 1.807) is 7.11 Å². The Morgan fingerprint density at radius 1 is 1.28 bits per heavy atom. The number of benzene rings is 1. The predicted molar refractivity (Wildman–Crippen MR) is 76.0 cm³/mol. The number of hydrogen-bond donors (Lipinski definition) is 1. The smallest absolute Gasteiger partial charge is 0.119 e. The van der Waals surface area contributed by atoms with Crippen molar-refractivity contribution in [3.05, 3.63) is 35.9 Å². The van der Waals surface area contributed by atoms with E-state index in [-0.39, 0.29) is 0 Å². The van der Waals surface area contributed by atoms with E-state index >= 15 is 0 Å². The van der Waals surface area contributed by atoms with Gasteiger partial charge >= 0.3 is 0 Å². The molecule has 0 aliphatic rings. The van der Waals surface area contributed by atoms with E-state index in [4.69, 9.17) is 9.47 Å². The molecular formula is C15H23NO2. The maximum absolute atomic E-state index is 5.59. The van der Waals surface area contributed by atoms with E-state index in [0.717, 1.165) is 44.0 Å². The van der Waals surface area contributed by atoms with Crippen LogP contribution >= 0.6 is 0 Å². The first kappa shape index (κ1) is 14.7. The Labute approximate surface area is 110 Å². The van der Waals surface area contributed by atoms with Crippen LogP contribution in [0, 0.1) is 0 Å². The van der Waals surface area contributed by atoms with E-state index in [9.17, 15) is 0 Å². The van der Waals surface area contributed by atoms with Gasteiger partial charge in [-0.15, -0.1) is 0 Å². The average molecular weight is 249 g/mol. The number of methoxy groups -OCH3 is 1. The molecule has 0 aromatic heterocycles. The van der Waals surface area contributed by atoms with E-state index in [2.05, 4.69) is 36.5 Å². The molecule has 0 saturated heterocycles. The van der Waals surface area contributed by atoms with E-state index < -0.39 is 0 Å². The number of hydrogen-bond acceptors (Lipinski definition) is 3. The summed E-state index contributed by atoms with van der Waals surface area (Å²) in [6.07, 6.45) is 5.23. The quantitative estimate of drug-likeness (QED) is 0.683. The second kappa shape index (κ2) is 9.68. The zero-order valence-electron chi connectivity index (χ0n) is 11.3. The molecule has 0 radical (unpaired) electrons. The van der Waals surface area contributed by atoms with Gasteiger partial charge in [0.1, 0.15) is 5.75 Å². The van der Waals surface area contributed by atoms with Crippen molar-refractivity contribution in [1.29, 1.82) is 0 Å². The standard InChI is InChI=1S/C15H23NO2/c1-3-11-18-15-8-4-6-14(13-15)7-5-9-16-10-12-17-2/h4-8,13,16H,3,9-12H2,1-2H3. The summed E-state index contributed by atoms with van der Waals surface area (Å²) in [5, 5.41) is 3.26. The molecule has 0 aliphatic heterocycles. The Hall–Kier alpha value is -1.32. The van der Waals surface area contributed by atoms with Crippen molar-refractivity contribution < 1.29 is 9.47 Å². The van der Waals surface area contributed by atoms with Gasteiger partial charge in [0.2, 0.25) is 0 Å². The highest BCUT2D eigenvalue weighted by atomic mass is 16.5.